The van der Waals surface area contributed by atoms with E-state index in [1.165, 1.54) is 0 Å². The summed E-state index contributed by atoms with van der Waals surface area (Å²) in [6, 6.07) is 0.711. The van der Waals surface area contributed by atoms with E-state index in [-0.39, 0.29) is 18.1 Å². The minimum absolute atomic E-state index is 0.0531. The molecule has 0 bridgehead atoms. The lowest BCUT2D eigenvalue weighted by Crippen LogP contribution is -2.46. The van der Waals surface area contributed by atoms with Crippen molar-refractivity contribution in [2.75, 3.05) is 6.61 Å². The largest absolute Gasteiger partial charge is 0.481 e. The van der Waals surface area contributed by atoms with E-state index in [9.17, 15) is 4.79 Å². The normalized spacial score (nSPS) is 26.3. The van der Waals surface area contributed by atoms with Gasteiger partial charge in [0.05, 0.1) is 5.60 Å². The van der Waals surface area contributed by atoms with Crippen molar-refractivity contribution in [2.24, 2.45) is 0 Å². The summed E-state index contributed by atoms with van der Waals surface area (Å²) >= 11 is 0. The molecular weight excluding hydrogens is 206 g/mol. The highest BCUT2D eigenvalue weighted by Crippen LogP contribution is 2.24. The predicted octanol–water partition coefficient (Wildman–Crippen LogP) is 1.79. The van der Waals surface area contributed by atoms with E-state index >= 15 is 0 Å². The molecule has 0 spiro atoms. The molecule has 1 fully saturated rings. The van der Waals surface area contributed by atoms with E-state index in [0.717, 1.165) is 19.4 Å². The molecule has 1 saturated heterocycles. The summed E-state index contributed by atoms with van der Waals surface area (Å²) in [7, 11) is 0. The lowest BCUT2D eigenvalue weighted by molar-refractivity contribution is -0.137. The molecule has 0 aliphatic carbocycles. The summed E-state index contributed by atoms with van der Waals surface area (Å²) in [6.07, 6.45) is 2.93. The summed E-state index contributed by atoms with van der Waals surface area (Å²) in [5.74, 6) is -0.721. The number of carboxylic acids is 1. The molecule has 1 aliphatic rings. The average Bonchev–Trinajstić information content (AvgIpc) is 2.13. The Balaban J connectivity index is 2.28. The quantitative estimate of drug-likeness (QED) is 0.754. The summed E-state index contributed by atoms with van der Waals surface area (Å²) in [5, 5.41) is 12.1. The molecule has 1 heterocycles. The van der Waals surface area contributed by atoms with Gasteiger partial charge in [-0.15, -0.1) is 0 Å². The van der Waals surface area contributed by atoms with Crippen molar-refractivity contribution < 1.29 is 14.6 Å². The van der Waals surface area contributed by atoms with Crippen LogP contribution in [0.25, 0.3) is 0 Å². The van der Waals surface area contributed by atoms with E-state index in [1.807, 2.05) is 6.92 Å². The van der Waals surface area contributed by atoms with Gasteiger partial charge in [-0.25, -0.2) is 0 Å². The molecule has 4 heteroatoms. The molecule has 2 unspecified atom stereocenters. The van der Waals surface area contributed by atoms with E-state index in [1.54, 1.807) is 0 Å². The van der Waals surface area contributed by atoms with Crippen LogP contribution in [0.2, 0.25) is 0 Å². The van der Waals surface area contributed by atoms with Crippen LogP contribution in [-0.4, -0.2) is 35.4 Å². The fourth-order valence-corrected chi connectivity index (χ4v) is 2.20. The molecule has 1 rings (SSSR count). The third kappa shape index (κ3) is 4.94. The first-order valence-electron chi connectivity index (χ1n) is 6.01. The number of hydrogen-bond donors (Lipinski definition) is 2. The summed E-state index contributed by atoms with van der Waals surface area (Å²) < 4.78 is 5.64. The first-order chi connectivity index (χ1) is 7.39. The molecule has 0 saturated carbocycles. The van der Waals surface area contributed by atoms with Crippen molar-refractivity contribution in [1.82, 2.24) is 5.32 Å². The van der Waals surface area contributed by atoms with Crippen LogP contribution in [0.3, 0.4) is 0 Å². The third-order valence-electron chi connectivity index (χ3n) is 3.01. The fourth-order valence-electron chi connectivity index (χ4n) is 2.20. The van der Waals surface area contributed by atoms with Crippen LogP contribution in [0.5, 0.6) is 0 Å². The predicted molar refractivity (Wildman–Crippen MR) is 62.5 cm³/mol. The molecule has 0 aromatic carbocycles. The maximum absolute atomic E-state index is 10.5. The fraction of sp³-hybridized carbons (Fsp3) is 0.917. The molecule has 0 aromatic rings. The lowest BCUT2D eigenvalue weighted by atomic mass is 9.93. The van der Waals surface area contributed by atoms with Gasteiger partial charge in [-0.1, -0.05) is 0 Å². The highest BCUT2D eigenvalue weighted by atomic mass is 16.5. The van der Waals surface area contributed by atoms with Crippen molar-refractivity contribution in [2.45, 2.75) is 64.1 Å². The highest BCUT2D eigenvalue weighted by molar-refractivity contribution is 5.66. The summed E-state index contributed by atoms with van der Waals surface area (Å²) in [5.41, 5.74) is -0.0531. The SMILES string of the molecule is CC(CCC(=O)O)NC1CCOC(C)(C)C1. The molecule has 94 valence electrons. The summed E-state index contributed by atoms with van der Waals surface area (Å²) in [4.78, 5) is 10.5. The molecule has 0 amide bonds. The molecule has 16 heavy (non-hydrogen) atoms. The van der Waals surface area contributed by atoms with Crippen LogP contribution < -0.4 is 5.32 Å². The van der Waals surface area contributed by atoms with E-state index in [2.05, 4.69) is 19.2 Å². The summed E-state index contributed by atoms with van der Waals surface area (Å²) in [6.45, 7) is 7.03. The van der Waals surface area contributed by atoms with Gasteiger partial charge in [0, 0.05) is 25.1 Å². The minimum atomic E-state index is -0.721. The Bertz CT molecular complexity index is 240. The van der Waals surface area contributed by atoms with E-state index in [4.69, 9.17) is 9.84 Å². The zero-order valence-electron chi connectivity index (χ0n) is 10.5. The Morgan fingerprint density at radius 3 is 2.88 bits per heavy atom. The van der Waals surface area contributed by atoms with Crippen LogP contribution in [-0.2, 0) is 9.53 Å². The monoisotopic (exact) mass is 229 g/mol. The number of ether oxygens (including phenoxy) is 1. The van der Waals surface area contributed by atoms with Gasteiger partial charge in [0.2, 0.25) is 0 Å². The maximum atomic E-state index is 10.5. The standard InChI is InChI=1S/C12H23NO3/c1-9(4-5-11(14)15)13-10-6-7-16-12(2,3)8-10/h9-10,13H,4-8H2,1-3H3,(H,14,15). The maximum Gasteiger partial charge on any atom is 0.303 e. The van der Waals surface area contributed by atoms with Gasteiger partial charge >= 0.3 is 5.97 Å². The van der Waals surface area contributed by atoms with Crippen molar-refractivity contribution in [3.8, 4) is 0 Å². The van der Waals surface area contributed by atoms with Crippen LogP contribution in [0.4, 0.5) is 0 Å². The Morgan fingerprint density at radius 1 is 1.62 bits per heavy atom. The lowest BCUT2D eigenvalue weighted by Gasteiger charge is -2.37. The van der Waals surface area contributed by atoms with Gasteiger partial charge in [0.25, 0.3) is 0 Å². The zero-order valence-corrected chi connectivity index (χ0v) is 10.5. The van der Waals surface area contributed by atoms with Crippen LogP contribution in [0, 0.1) is 0 Å². The number of hydrogen-bond acceptors (Lipinski definition) is 3. The molecule has 0 aromatic heterocycles. The van der Waals surface area contributed by atoms with Gasteiger partial charge in [0.15, 0.2) is 0 Å². The first kappa shape index (κ1) is 13.5. The van der Waals surface area contributed by atoms with Crippen molar-refractivity contribution in [3.63, 3.8) is 0 Å². The topological polar surface area (TPSA) is 58.6 Å². The van der Waals surface area contributed by atoms with E-state index in [0.29, 0.717) is 12.5 Å². The van der Waals surface area contributed by atoms with E-state index < -0.39 is 5.97 Å². The molecule has 1 aliphatic heterocycles. The van der Waals surface area contributed by atoms with Gasteiger partial charge in [-0.05, 0) is 40.0 Å². The van der Waals surface area contributed by atoms with Gasteiger partial charge in [-0.2, -0.15) is 0 Å². The molecule has 2 atom stereocenters. The van der Waals surface area contributed by atoms with Crippen molar-refractivity contribution in [3.05, 3.63) is 0 Å². The smallest absolute Gasteiger partial charge is 0.303 e. The second-order valence-corrected chi connectivity index (χ2v) is 5.30. The van der Waals surface area contributed by atoms with Gasteiger partial charge in [-0.3, -0.25) is 4.79 Å². The van der Waals surface area contributed by atoms with Crippen LogP contribution in [0.1, 0.15) is 46.5 Å². The first-order valence-corrected chi connectivity index (χ1v) is 6.01. The highest BCUT2D eigenvalue weighted by Gasteiger charge is 2.29. The second kappa shape index (κ2) is 5.64. The Hall–Kier alpha value is -0.610. The van der Waals surface area contributed by atoms with Crippen LogP contribution in [0.15, 0.2) is 0 Å². The van der Waals surface area contributed by atoms with Crippen molar-refractivity contribution >= 4 is 5.97 Å². The number of nitrogens with one attached hydrogen (secondary N) is 1. The molecule has 2 N–H and O–H groups in total. The number of carbonyl (C=O) groups is 1. The zero-order chi connectivity index (χ0) is 12.2. The number of carboxylic acid groups (broad SMARTS) is 1. The minimum Gasteiger partial charge on any atom is -0.481 e. The molecule has 0 radical (unpaired) electrons. The third-order valence-corrected chi connectivity index (χ3v) is 3.01. The number of rotatable bonds is 5. The Labute approximate surface area is 97.4 Å². The Kier molecular flexibility index (Phi) is 4.74. The van der Waals surface area contributed by atoms with Crippen molar-refractivity contribution in [1.29, 1.82) is 0 Å². The van der Waals surface area contributed by atoms with Gasteiger partial charge < -0.3 is 15.2 Å². The molecule has 4 nitrogen and oxygen atoms in total. The Morgan fingerprint density at radius 2 is 2.31 bits per heavy atom. The number of aliphatic carboxylic acids is 1. The van der Waals surface area contributed by atoms with Gasteiger partial charge in [0.1, 0.15) is 0 Å². The average molecular weight is 229 g/mol. The van der Waals surface area contributed by atoms with Crippen LogP contribution >= 0.6 is 0 Å². The second-order valence-electron chi connectivity index (χ2n) is 5.30. The molecular formula is C12H23NO3.